The van der Waals surface area contributed by atoms with Crippen molar-refractivity contribution in [3.05, 3.63) is 57.9 Å². The number of thiazole rings is 1. The van der Waals surface area contributed by atoms with Crippen LogP contribution >= 0.6 is 11.3 Å². The normalized spacial score (nSPS) is 10.5. The predicted octanol–water partition coefficient (Wildman–Crippen LogP) is 3.39. The first-order valence-corrected chi connectivity index (χ1v) is 8.43. The summed E-state index contributed by atoms with van der Waals surface area (Å²) in [7, 11) is 1.83. The number of nitrogens with zero attached hydrogens (tertiary/aromatic N) is 4. The second-order valence-electron chi connectivity index (χ2n) is 5.67. The standard InChI is InChI=1S/C18H16N4O2S/c1-11-6-13(7-19)4-5-14(11)10-24-18(23)16-12(2)21-17(25-16)15-8-20-22(3)9-15/h4-6,8-9H,10H2,1-3H3. The number of hydrogen-bond donors (Lipinski definition) is 0. The molecule has 126 valence electrons. The first-order valence-electron chi connectivity index (χ1n) is 7.61. The van der Waals surface area contributed by atoms with Crippen LogP contribution in [0.1, 0.15) is 32.1 Å². The van der Waals surface area contributed by atoms with Gasteiger partial charge >= 0.3 is 5.97 Å². The summed E-state index contributed by atoms with van der Waals surface area (Å²) in [6, 6.07) is 7.40. The molecule has 0 aliphatic rings. The number of hydrogen-bond acceptors (Lipinski definition) is 6. The zero-order chi connectivity index (χ0) is 18.0. The van der Waals surface area contributed by atoms with Crippen molar-refractivity contribution in [3.63, 3.8) is 0 Å². The Morgan fingerprint density at radius 2 is 2.20 bits per heavy atom. The van der Waals surface area contributed by atoms with Crippen molar-refractivity contribution >= 4 is 17.3 Å². The maximum Gasteiger partial charge on any atom is 0.350 e. The summed E-state index contributed by atoms with van der Waals surface area (Å²) < 4.78 is 7.12. The Labute approximate surface area is 149 Å². The quantitative estimate of drug-likeness (QED) is 0.672. The summed E-state index contributed by atoms with van der Waals surface area (Å²) in [6.07, 6.45) is 3.57. The highest BCUT2D eigenvalue weighted by Gasteiger charge is 2.18. The number of ether oxygens (including phenoxy) is 1. The highest BCUT2D eigenvalue weighted by atomic mass is 32.1. The molecule has 0 bridgehead atoms. The summed E-state index contributed by atoms with van der Waals surface area (Å²) in [5, 5.41) is 13.8. The average Bonchev–Trinajstić information content (AvgIpc) is 3.19. The van der Waals surface area contributed by atoms with Gasteiger partial charge in [-0.1, -0.05) is 6.07 Å². The molecule has 0 spiro atoms. The minimum Gasteiger partial charge on any atom is -0.457 e. The third-order valence-corrected chi connectivity index (χ3v) is 4.95. The van der Waals surface area contributed by atoms with E-state index in [9.17, 15) is 4.79 Å². The van der Waals surface area contributed by atoms with Crippen LogP contribution in [-0.2, 0) is 18.4 Å². The lowest BCUT2D eigenvalue weighted by Gasteiger charge is -2.07. The van der Waals surface area contributed by atoms with Crippen molar-refractivity contribution in [2.45, 2.75) is 20.5 Å². The monoisotopic (exact) mass is 352 g/mol. The van der Waals surface area contributed by atoms with Gasteiger partial charge < -0.3 is 4.74 Å². The average molecular weight is 352 g/mol. The maximum absolute atomic E-state index is 12.4. The topological polar surface area (TPSA) is 80.8 Å². The first-order chi connectivity index (χ1) is 12.0. The molecule has 7 heteroatoms. The highest BCUT2D eigenvalue weighted by molar-refractivity contribution is 7.17. The number of carbonyl (C=O) groups excluding carboxylic acids is 1. The third-order valence-electron chi connectivity index (χ3n) is 3.76. The van der Waals surface area contributed by atoms with E-state index in [2.05, 4.69) is 16.2 Å². The van der Waals surface area contributed by atoms with Crippen LogP contribution in [-0.4, -0.2) is 20.7 Å². The van der Waals surface area contributed by atoms with Gasteiger partial charge in [0, 0.05) is 18.8 Å². The fourth-order valence-electron chi connectivity index (χ4n) is 2.38. The van der Waals surface area contributed by atoms with E-state index >= 15 is 0 Å². The van der Waals surface area contributed by atoms with Gasteiger partial charge in [-0.3, -0.25) is 4.68 Å². The Morgan fingerprint density at radius 3 is 2.84 bits per heavy atom. The van der Waals surface area contributed by atoms with Crippen molar-refractivity contribution in [1.29, 1.82) is 5.26 Å². The van der Waals surface area contributed by atoms with Crippen LogP contribution in [0.4, 0.5) is 0 Å². The lowest BCUT2D eigenvalue weighted by Crippen LogP contribution is -2.05. The van der Waals surface area contributed by atoms with Gasteiger partial charge in [0.1, 0.15) is 16.5 Å². The fraction of sp³-hybridized carbons (Fsp3) is 0.222. The van der Waals surface area contributed by atoms with E-state index in [1.807, 2.05) is 26.2 Å². The van der Waals surface area contributed by atoms with E-state index in [0.29, 0.717) is 16.1 Å². The van der Waals surface area contributed by atoms with E-state index < -0.39 is 5.97 Å². The second-order valence-corrected chi connectivity index (χ2v) is 6.66. The summed E-state index contributed by atoms with van der Waals surface area (Å²) in [5.74, 6) is -0.395. The van der Waals surface area contributed by atoms with E-state index in [1.165, 1.54) is 11.3 Å². The van der Waals surface area contributed by atoms with Crippen LogP contribution in [0.5, 0.6) is 0 Å². The molecule has 3 aromatic rings. The van der Waals surface area contributed by atoms with Gasteiger partial charge in [0.25, 0.3) is 0 Å². The van der Waals surface area contributed by atoms with Crippen LogP contribution in [0.2, 0.25) is 0 Å². The Balaban J connectivity index is 1.74. The summed E-state index contributed by atoms with van der Waals surface area (Å²) in [6.45, 7) is 3.85. The number of benzene rings is 1. The molecule has 0 atom stereocenters. The molecular weight excluding hydrogens is 336 g/mol. The van der Waals surface area contributed by atoms with Crippen molar-refractivity contribution < 1.29 is 9.53 Å². The smallest absolute Gasteiger partial charge is 0.350 e. The first kappa shape index (κ1) is 16.9. The molecule has 0 amide bonds. The Hall–Kier alpha value is -2.98. The van der Waals surface area contributed by atoms with Gasteiger partial charge in [-0.05, 0) is 37.1 Å². The van der Waals surface area contributed by atoms with Gasteiger partial charge in [-0.25, -0.2) is 9.78 Å². The molecule has 2 aromatic heterocycles. The number of aromatic nitrogens is 3. The van der Waals surface area contributed by atoms with E-state index in [1.54, 1.807) is 29.9 Å². The van der Waals surface area contributed by atoms with Crippen LogP contribution in [0.15, 0.2) is 30.6 Å². The molecule has 0 saturated heterocycles. The number of rotatable bonds is 4. The molecule has 1 aromatic carbocycles. The van der Waals surface area contributed by atoms with Gasteiger partial charge in [0.15, 0.2) is 0 Å². The second kappa shape index (κ2) is 6.87. The van der Waals surface area contributed by atoms with Gasteiger partial charge in [-0.2, -0.15) is 10.4 Å². The third kappa shape index (κ3) is 3.59. The highest BCUT2D eigenvalue weighted by Crippen LogP contribution is 2.28. The predicted molar refractivity (Wildman–Crippen MR) is 94.1 cm³/mol. The van der Waals surface area contributed by atoms with E-state index in [0.717, 1.165) is 21.7 Å². The summed E-state index contributed by atoms with van der Waals surface area (Å²) in [4.78, 5) is 17.3. The van der Waals surface area contributed by atoms with Crippen molar-refractivity contribution in [1.82, 2.24) is 14.8 Å². The molecule has 0 aliphatic carbocycles. The summed E-state index contributed by atoms with van der Waals surface area (Å²) >= 11 is 1.30. The molecule has 0 radical (unpaired) electrons. The van der Waals surface area contributed by atoms with Crippen LogP contribution in [0.3, 0.4) is 0 Å². The van der Waals surface area contributed by atoms with Crippen molar-refractivity contribution in [3.8, 4) is 16.6 Å². The molecule has 2 heterocycles. The molecule has 6 nitrogen and oxygen atoms in total. The number of aryl methyl sites for hydroxylation is 3. The minimum atomic E-state index is -0.395. The van der Waals surface area contributed by atoms with E-state index in [-0.39, 0.29) is 6.61 Å². The molecule has 0 fully saturated rings. The SMILES string of the molecule is Cc1cc(C#N)ccc1COC(=O)c1sc(-c2cnn(C)c2)nc1C. The maximum atomic E-state index is 12.4. The molecule has 0 N–H and O–H groups in total. The molecule has 0 unspecified atom stereocenters. The Kier molecular flexibility index (Phi) is 4.63. The zero-order valence-electron chi connectivity index (χ0n) is 14.1. The zero-order valence-corrected chi connectivity index (χ0v) is 14.9. The molecular formula is C18H16N4O2S. The molecule has 0 saturated carbocycles. The lowest BCUT2D eigenvalue weighted by atomic mass is 10.1. The summed E-state index contributed by atoms with van der Waals surface area (Å²) in [5.41, 5.74) is 3.90. The number of esters is 1. The Bertz CT molecular complexity index is 981. The lowest BCUT2D eigenvalue weighted by molar-refractivity contribution is 0.0477. The molecule has 0 aliphatic heterocycles. The number of nitriles is 1. The van der Waals surface area contributed by atoms with Gasteiger partial charge in [-0.15, -0.1) is 11.3 Å². The van der Waals surface area contributed by atoms with Crippen LogP contribution in [0, 0.1) is 25.2 Å². The van der Waals surface area contributed by atoms with E-state index in [4.69, 9.17) is 10.00 Å². The van der Waals surface area contributed by atoms with Crippen molar-refractivity contribution in [2.75, 3.05) is 0 Å². The van der Waals surface area contributed by atoms with Crippen molar-refractivity contribution in [2.24, 2.45) is 7.05 Å². The van der Waals surface area contributed by atoms with Gasteiger partial charge in [0.05, 0.1) is 23.5 Å². The molecule has 25 heavy (non-hydrogen) atoms. The van der Waals surface area contributed by atoms with Crippen LogP contribution < -0.4 is 0 Å². The number of carbonyl (C=O) groups is 1. The van der Waals surface area contributed by atoms with Gasteiger partial charge in [0.2, 0.25) is 0 Å². The Morgan fingerprint density at radius 1 is 1.40 bits per heavy atom. The largest absolute Gasteiger partial charge is 0.457 e. The minimum absolute atomic E-state index is 0.163. The molecule has 3 rings (SSSR count). The van der Waals surface area contributed by atoms with Crippen LogP contribution in [0.25, 0.3) is 10.6 Å². The fourth-order valence-corrected chi connectivity index (χ4v) is 3.31.